The van der Waals surface area contributed by atoms with Crippen LogP contribution in [-0.4, -0.2) is 0 Å². The second kappa shape index (κ2) is 5.40. The number of alkyl halides is 3. The highest BCUT2D eigenvalue weighted by molar-refractivity contribution is 5.65. The van der Waals surface area contributed by atoms with Gasteiger partial charge in [-0.05, 0) is 24.3 Å². The number of benzene rings is 2. The Kier molecular flexibility index (Phi) is 3.80. The third-order valence-electron chi connectivity index (χ3n) is 2.66. The lowest BCUT2D eigenvalue weighted by molar-refractivity contribution is -0.136. The van der Waals surface area contributed by atoms with E-state index in [1.165, 1.54) is 12.1 Å². The van der Waals surface area contributed by atoms with Crippen molar-refractivity contribution >= 4 is 11.4 Å². The SMILES string of the molecule is N#Cc1cc(F)c(Nc2ccccc2C(F)(F)F)c(F)c1. The molecular formula is C14H7F5N2. The van der Waals surface area contributed by atoms with Crippen LogP contribution in [0.15, 0.2) is 36.4 Å². The monoisotopic (exact) mass is 298 g/mol. The standard InChI is InChI=1S/C14H7F5N2/c15-10-5-8(7-20)6-11(16)13(10)21-12-4-2-1-3-9(12)14(17,18)19/h1-6,21H. The summed E-state index contributed by atoms with van der Waals surface area (Å²) in [5.41, 5.74) is -2.54. The van der Waals surface area contributed by atoms with Gasteiger partial charge in [0.25, 0.3) is 0 Å². The third-order valence-corrected chi connectivity index (χ3v) is 2.66. The molecular weight excluding hydrogens is 291 g/mol. The lowest BCUT2D eigenvalue weighted by Crippen LogP contribution is -2.09. The minimum Gasteiger partial charge on any atom is -0.350 e. The first-order valence-electron chi connectivity index (χ1n) is 5.65. The Morgan fingerprint density at radius 3 is 2.10 bits per heavy atom. The molecule has 0 fully saturated rings. The van der Waals surface area contributed by atoms with Gasteiger partial charge in [-0.25, -0.2) is 8.78 Å². The van der Waals surface area contributed by atoms with Gasteiger partial charge in [0.2, 0.25) is 0 Å². The molecule has 0 saturated carbocycles. The maximum atomic E-state index is 13.7. The van der Waals surface area contributed by atoms with E-state index in [2.05, 4.69) is 5.32 Å². The van der Waals surface area contributed by atoms with Crippen LogP contribution in [0.25, 0.3) is 0 Å². The number of hydrogen-bond acceptors (Lipinski definition) is 2. The topological polar surface area (TPSA) is 35.8 Å². The molecule has 2 rings (SSSR count). The number of rotatable bonds is 2. The van der Waals surface area contributed by atoms with Crippen LogP contribution in [0.4, 0.5) is 33.3 Å². The fraction of sp³-hybridized carbons (Fsp3) is 0.0714. The molecule has 0 aliphatic carbocycles. The molecule has 0 unspecified atom stereocenters. The molecule has 0 saturated heterocycles. The molecule has 0 aliphatic rings. The number of nitrogens with one attached hydrogen (secondary N) is 1. The van der Waals surface area contributed by atoms with Crippen molar-refractivity contribution in [2.24, 2.45) is 0 Å². The maximum Gasteiger partial charge on any atom is 0.418 e. The lowest BCUT2D eigenvalue weighted by Gasteiger charge is -2.15. The van der Waals surface area contributed by atoms with Crippen molar-refractivity contribution in [3.63, 3.8) is 0 Å². The van der Waals surface area contributed by atoms with E-state index in [-0.39, 0.29) is 5.56 Å². The van der Waals surface area contributed by atoms with Gasteiger partial charge in [-0.15, -0.1) is 0 Å². The Hall–Kier alpha value is -2.62. The summed E-state index contributed by atoms with van der Waals surface area (Å²) in [5, 5.41) is 10.7. The van der Waals surface area contributed by atoms with Gasteiger partial charge in [0.15, 0.2) is 11.6 Å². The molecule has 0 spiro atoms. The highest BCUT2D eigenvalue weighted by Gasteiger charge is 2.33. The first-order chi connectivity index (χ1) is 9.82. The number of nitriles is 1. The van der Waals surface area contributed by atoms with Gasteiger partial charge in [0, 0.05) is 0 Å². The summed E-state index contributed by atoms with van der Waals surface area (Å²) < 4.78 is 65.8. The Morgan fingerprint density at radius 2 is 1.57 bits per heavy atom. The number of para-hydroxylation sites is 1. The predicted octanol–water partition coefficient (Wildman–Crippen LogP) is 4.60. The van der Waals surface area contributed by atoms with E-state index in [0.717, 1.165) is 24.3 Å². The molecule has 7 heteroatoms. The van der Waals surface area contributed by atoms with Crippen LogP contribution >= 0.6 is 0 Å². The zero-order valence-electron chi connectivity index (χ0n) is 10.3. The number of halogens is 5. The van der Waals surface area contributed by atoms with E-state index >= 15 is 0 Å². The summed E-state index contributed by atoms with van der Waals surface area (Å²) in [5.74, 6) is -2.30. The summed E-state index contributed by atoms with van der Waals surface area (Å²) in [7, 11) is 0. The molecule has 1 N–H and O–H groups in total. The number of nitrogens with zero attached hydrogens (tertiary/aromatic N) is 1. The minimum absolute atomic E-state index is 0.264. The van der Waals surface area contributed by atoms with E-state index in [4.69, 9.17) is 5.26 Å². The average Bonchev–Trinajstić information content (AvgIpc) is 2.42. The smallest absolute Gasteiger partial charge is 0.350 e. The summed E-state index contributed by atoms with van der Waals surface area (Å²) in [6.07, 6.45) is -4.66. The van der Waals surface area contributed by atoms with Gasteiger partial charge in [-0.2, -0.15) is 18.4 Å². The van der Waals surface area contributed by atoms with Crippen LogP contribution in [0.1, 0.15) is 11.1 Å². The van der Waals surface area contributed by atoms with E-state index < -0.39 is 34.7 Å². The van der Waals surface area contributed by atoms with Crippen LogP contribution in [0.2, 0.25) is 0 Å². The molecule has 0 amide bonds. The third kappa shape index (κ3) is 3.11. The normalized spacial score (nSPS) is 11.0. The summed E-state index contributed by atoms with van der Waals surface area (Å²) in [6.45, 7) is 0. The second-order valence-electron chi connectivity index (χ2n) is 4.10. The van der Waals surface area contributed by atoms with Crippen LogP contribution in [-0.2, 0) is 6.18 Å². The molecule has 0 atom stereocenters. The fourth-order valence-electron chi connectivity index (χ4n) is 1.73. The van der Waals surface area contributed by atoms with Crippen molar-refractivity contribution in [2.75, 3.05) is 5.32 Å². The van der Waals surface area contributed by atoms with E-state index in [1.807, 2.05) is 0 Å². The molecule has 0 aliphatic heterocycles. The lowest BCUT2D eigenvalue weighted by atomic mass is 10.1. The Balaban J connectivity index is 2.48. The van der Waals surface area contributed by atoms with E-state index in [9.17, 15) is 22.0 Å². The van der Waals surface area contributed by atoms with Crippen molar-refractivity contribution in [3.8, 4) is 6.07 Å². The van der Waals surface area contributed by atoms with Gasteiger partial charge in [0.05, 0.1) is 22.9 Å². The Labute approximate surface area is 116 Å². The minimum atomic E-state index is -4.66. The zero-order valence-corrected chi connectivity index (χ0v) is 10.3. The van der Waals surface area contributed by atoms with Crippen molar-refractivity contribution in [1.82, 2.24) is 0 Å². The van der Waals surface area contributed by atoms with Crippen molar-refractivity contribution < 1.29 is 22.0 Å². The first kappa shape index (κ1) is 14.8. The van der Waals surface area contributed by atoms with E-state index in [0.29, 0.717) is 0 Å². The summed E-state index contributed by atoms with van der Waals surface area (Å²) in [6, 6.07) is 7.34. The first-order valence-corrected chi connectivity index (χ1v) is 5.65. The molecule has 0 heterocycles. The molecule has 108 valence electrons. The van der Waals surface area contributed by atoms with Crippen molar-refractivity contribution in [3.05, 3.63) is 59.2 Å². The summed E-state index contributed by atoms with van der Waals surface area (Å²) in [4.78, 5) is 0. The van der Waals surface area contributed by atoms with Crippen molar-refractivity contribution in [1.29, 1.82) is 5.26 Å². The van der Waals surface area contributed by atoms with Crippen LogP contribution < -0.4 is 5.32 Å². The Bertz CT molecular complexity index is 693. The summed E-state index contributed by atoms with van der Waals surface area (Å²) >= 11 is 0. The number of hydrogen-bond donors (Lipinski definition) is 1. The van der Waals surface area contributed by atoms with E-state index in [1.54, 1.807) is 6.07 Å². The highest BCUT2D eigenvalue weighted by Crippen LogP contribution is 2.36. The highest BCUT2D eigenvalue weighted by atomic mass is 19.4. The molecule has 0 bridgehead atoms. The van der Waals surface area contributed by atoms with Crippen LogP contribution in [0.5, 0.6) is 0 Å². The largest absolute Gasteiger partial charge is 0.418 e. The quantitative estimate of drug-likeness (QED) is 0.822. The van der Waals surface area contributed by atoms with Crippen LogP contribution in [0.3, 0.4) is 0 Å². The van der Waals surface area contributed by atoms with Gasteiger partial charge < -0.3 is 5.32 Å². The Morgan fingerprint density at radius 1 is 1.00 bits per heavy atom. The fourth-order valence-corrected chi connectivity index (χ4v) is 1.73. The second-order valence-corrected chi connectivity index (χ2v) is 4.10. The number of anilines is 2. The molecule has 0 aromatic heterocycles. The average molecular weight is 298 g/mol. The van der Waals surface area contributed by atoms with Crippen LogP contribution in [0, 0.1) is 23.0 Å². The van der Waals surface area contributed by atoms with Crippen molar-refractivity contribution in [2.45, 2.75) is 6.18 Å². The predicted molar refractivity (Wildman–Crippen MR) is 65.8 cm³/mol. The molecule has 21 heavy (non-hydrogen) atoms. The zero-order chi connectivity index (χ0) is 15.6. The van der Waals surface area contributed by atoms with Gasteiger partial charge in [0.1, 0.15) is 5.69 Å². The van der Waals surface area contributed by atoms with Gasteiger partial charge in [-0.1, -0.05) is 12.1 Å². The maximum absolute atomic E-state index is 13.7. The molecule has 0 radical (unpaired) electrons. The molecule has 2 aromatic carbocycles. The van der Waals surface area contributed by atoms with Gasteiger partial charge in [-0.3, -0.25) is 0 Å². The molecule has 2 aromatic rings. The molecule has 2 nitrogen and oxygen atoms in total. The van der Waals surface area contributed by atoms with Gasteiger partial charge >= 0.3 is 6.18 Å².